The van der Waals surface area contributed by atoms with E-state index in [1.807, 2.05) is 9.58 Å². The van der Waals surface area contributed by atoms with Crippen molar-refractivity contribution in [2.45, 2.75) is 45.6 Å². The van der Waals surface area contributed by atoms with Gasteiger partial charge >= 0.3 is 0 Å². The van der Waals surface area contributed by atoms with E-state index in [0.717, 1.165) is 43.5 Å². The van der Waals surface area contributed by atoms with Crippen molar-refractivity contribution < 1.29 is 4.79 Å². The van der Waals surface area contributed by atoms with Crippen molar-refractivity contribution in [1.82, 2.24) is 14.7 Å². The van der Waals surface area contributed by atoms with Gasteiger partial charge in [0, 0.05) is 23.8 Å². The van der Waals surface area contributed by atoms with Crippen LogP contribution in [0.15, 0.2) is 24.3 Å². The molecule has 5 nitrogen and oxygen atoms in total. The van der Waals surface area contributed by atoms with Crippen LogP contribution in [-0.4, -0.2) is 39.7 Å². The number of hydrogen-bond donors (Lipinski definition) is 1. The van der Waals surface area contributed by atoms with Gasteiger partial charge in [-0.05, 0) is 64.1 Å². The van der Waals surface area contributed by atoms with Crippen LogP contribution in [0.3, 0.4) is 0 Å². The number of benzene rings is 1. The van der Waals surface area contributed by atoms with E-state index in [0.29, 0.717) is 18.2 Å². The van der Waals surface area contributed by atoms with Crippen LogP contribution in [0.1, 0.15) is 47.1 Å². The Morgan fingerprint density at radius 3 is 2.65 bits per heavy atom. The van der Waals surface area contributed by atoms with Crippen molar-refractivity contribution in [3.8, 4) is 5.69 Å². The Hall–Kier alpha value is -1.85. The van der Waals surface area contributed by atoms with Crippen LogP contribution < -0.4 is 5.73 Å². The largest absolute Gasteiger partial charge is 0.334 e. The van der Waals surface area contributed by atoms with E-state index in [-0.39, 0.29) is 24.4 Å². The van der Waals surface area contributed by atoms with Crippen LogP contribution in [-0.2, 0) is 12.8 Å². The van der Waals surface area contributed by atoms with Crippen molar-refractivity contribution in [2.75, 3.05) is 13.1 Å². The topological polar surface area (TPSA) is 64.2 Å². The molecule has 140 valence electrons. The molecule has 2 aromatic rings. The maximum Gasteiger partial charge on any atom is 0.274 e. The van der Waals surface area contributed by atoms with Crippen LogP contribution in [0, 0.1) is 12.8 Å². The number of likely N-dealkylation sites (tertiary alicyclic amines) is 1. The molecule has 1 aliphatic carbocycles. The monoisotopic (exact) mass is 374 g/mol. The van der Waals surface area contributed by atoms with Crippen LogP contribution in [0.25, 0.3) is 5.69 Å². The highest BCUT2D eigenvalue weighted by Crippen LogP contribution is 2.31. The molecule has 0 saturated carbocycles. The van der Waals surface area contributed by atoms with Crippen molar-refractivity contribution in [3.63, 3.8) is 0 Å². The third-order valence-electron chi connectivity index (χ3n) is 5.67. The lowest BCUT2D eigenvalue weighted by Crippen LogP contribution is -2.35. The Morgan fingerprint density at radius 1 is 1.27 bits per heavy atom. The fourth-order valence-corrected chi connectivity index (χ4v) is 4.24. The molecule has 0 bridgehead atoms. The van der Waals surface area contributed by atoms with E-state index in [2.05, 4.69) is 38.1 Å². The number of hydrogen-bond acceptors (Lipinski definition) is 3. The number of halogens is 1. The lowest BCUT2D eigenvalue weighted by molar-refractivity contribution is 0.0736. The summed E-state index contributed by atoms with van der Waals surface area (Å²) in [6, 6.07) is 8.58. The van der Waals surface area contributed by atoms with Crippen LogP contribution in [0.4, 0.5) is 0 Å². The minimum absolute atomic E-state index is 0. The molecule has 1 aromatic heterocycles. The van der Waals surface area contributed by atoms with Gasteiger partial charge in [0.15, 0.2) is 5.69 Å². The summed E-state index contributed by atoms with van der Waals surface area (Å²) in [5.41, 5.74) is 11.1. The van der Waals surface area contributed by atoms with E-state index in [1.165, 1.54) is 11.3 Å². The highest BCUT2D eigenvalue weighted by Gasteiger charge is 2.36. The average Bonchev–Trinajstić information content (AvgIpc) is 3.29. The van der Waals surface area contributed by atoms with E-state index in [9.17, 15) is 4.79 Å². The standard InChI is InChI=1S/C20H26N4O.ClH/c1-13-6-8-16(9-7-13)24-18-5-3-4-17(18)19(22-24)20(25)23-12-15(11-21)10-14(23)2;/h6-9,14-15H,3-5,10-12,21H2,1-2H3;1H. The summed E-state index contributed by atoms with van der Waals surface area (Å²) in [7, 11) is 0. The second-order valence-electron chi connectivity index (χ2n) is 7.52. The molecule has 1 amide bonds. The van der Waals surface area contributed by atoms with Gasteiger partial charge in [-0.1, -0.05) is 17.7 Å². The predicted molar refractivity (Wildman–Crippen MR) is 105 cm³/mol. The van der Waals surface area contributed by atoms with Crippen molar-refractivity contribution in [1.29, 1.82) is 0 Å². The van der Waals surface area contributed by atoms with Gasteiger partial charge in [-0.15, -0.1) is 12.4 Å². The second-order valence-corrected chi connectivity index (χ2v) is 7.52. The molecule has 1 aromatic carbocycles. The van der Waals surface area contributed by atoms with Crippen LogP contribution >= 0.6 is 12.4 Å². The van der Waals surface area contributed by atoms with E-state index < -0.39 is 0 Å². The molecule has 2 heterocycles. The molecular formula is C20H27ClN4O. The van der Waals surface area contributed by atoms with Crippen LogP contribution in [0.2, 0.25) is 0 Å². The number of aryl methyl sites for hydroxylation is 1. The molecule has 2 aliphatic rings. The van der Waals surface area contributed by atoms with Gasteiger partial charge in [-0.2, -0.15) is 5.10 Å². The summed E-state index contributed by atoms with van der Waals surface area (Å²) in [5.74, 6) is 0.485. The summed E-state index contributed by atoms with van der Waals surface area (Å²) in [6.07, 6.45) is 4.03. The fraction of sp³-hybridized carbons (Fsp3) is 0.500. The highest BCUT2D eigenvalue weighted by atomic mass is 35.5. The molecule has 2 atom stereocenters. The zero-order valence-electron chi connectivity index (χ0n) is 15.4. The molecule has 1 fully saturated rings. The van der Waals surface area contributed by atoms with Gasteiger partial charge in [0.1, 0.15) is 0 Å². The Morgan fingerprint density at radius 2 is 2.00 bits per heavy atom. The van der Waals surface area contributed by atoms with E-state index >= 15 is 0 Å². The number of aromatic nitrogens is 2. The Balaban J connectivity index is 0.00000196. The third kappa shape index (κ3) is 3.14. The van der Waals surface area contributed by atoms with E-state index in [1.54, 1.807) is 0 Å². The van der Waals surface area contributed by atoms with E-state index in [4.69, 9.17) is 10.8 Å². The number of nitrogens with zero attached hydrogens (tertiary/aromatic N) is 3. The molecule has 2 N–H and O–H groups in total. The summed E-state index contributed by atoms with van der Waals surface area (Å²) in [5, 5.41) is 4.76. The van der Waals surface area contributed by atoms with Crippen molar-refractivity contribution in [3.05, 3.63) is 46.8 Å². The van der Waals surface area contributed by atoms with Gasteiger partial charge < -0.3 is 10.6 Å². The summed E-state index contributed by atoms with van der Waals surface area (Å²) < 4.78 is 1.98. The minimum atomic E-state index is 0. The molecule has 0 spiro atoms. The van der Waals surface area contributed by atoms with Crippen LogP contribution in [0.5, 0.6) is 0 Å². The Bertz CT molecular complexity index is 799. The first-order valence-electron chi connectivity index (χ1n) is 9.27. The molecule has 0 radical (unpaired) electrons. The predicted octanol–water partition coefficient (Wildman–Crippen LogP) is 2.90. The summed E-state index contributed by atoms with van der Waals surface area (Å²) >= 11 is 0. The number of fused-ring (bicyclic) bond motifs is 1. The first-order valence-corrected chi connectivity index (χ1v) is 9.27. The zero-order valence-corrected chi connectivity index (χ0v) is 16.3. The second kappa shape index (κ2) is 7.41. The maximum absolute atomic E-state index is 13.2. The lowest BCUT2D eigenvalue weighted by Gasteiger charge is -2.20. The number of amides is 1. The molecule has 1 aliphatic heterocycles. The summed E-state index contributed by atoms with van der Waals surface area (Å²) in [4.78, 5) is 15.2. The average molecular weight is 375 g/mol. The molecule has 2 unspecified atom stereocenters. The smallest absolute Gasteiger partial charge is 0.274 e. The van der Waals surface area contributed by atoms with Gasteiger partial charge in [-0.3, -0.25) is 4.79 Å². The minimum Gasteiger partial charge on any atom is -0.334 e. The lowest BCUT2D eigenvalue weighted by atomic mass is 10.1. The first kappa shape index (κ1) is 18.9. The Labute approximate surface area is 161 Å². The number of rotatable bonds is 3. The number of nitrogens with two attached hydrogens (primary N) is 1. The van der Waals surface area contributed by atoms with Crippen molar-refractivity contribution >= 4 is 18.3 Å². The normalized spacial score (nSPS) is 21.6. The third-order valence-corrected chi connectivity index (χ3v) is 5.67. The molecule has 6 heteroatoms. The summed E-state index contributed by atoms with van der Waals surface area (Å²) in [6.45, 7) is 5.59. The van der Waals surface area contributed by atoms with Gasteiger partial charge in [0.2, 0.25) is 0 Å². The highest BCUT2D eigenvalue weighted by molar-refractivity contribution is 5.94. The number of carbonyl (C=O) groups is 1. The molecule has 26 heavy (non-hydrogen) atoms. The first-order chi connectivity index (χ1) is 12.1. The van der Waals surface area contributed by atoms with Gasteiger partial charge in [0.05, 0.1) is 5.69 Å². The maximum atomic E-state index is 13.2. The number of carbonyl (C=O) groups excluding carboxylic acids is 1. The zero-order chi connectivity index (χ0) is 17.6. The quantitative estimate of drug-likeness (QED) is 0.898. The molecule has 1 saturated heterocycles. The molecule has 4 rings (SSSR count). The Kier molecular flexibility index (Phi) is 5.39. The SMILES string of the molecule is Cc1ccc(-n2nc(C(=O)N3CC(CN)CC3C)c3c2CCC3)cc1.Cl. The molecular weight excluding hydrogens is 348 g/mol. The van der Waals surface area contributed by atoms with Gasteiger partial charge in [0.25, 0.3) is 5.91 Å². The fourth-order valence-electron chi connectivity index (χ4n) is 4.24. The van der Waals surface area contributed by atoms with Gasteiger partial charge in [-0.25, -0.2) is 4.68 Å². The van der Waals surface area contributed by atoms with Crippen molar-refractivity contribution in [2.24, 2.45) is 11.7 Å².